The molecule has 1 heterocycles. The lowest BCUT2D eigenvalue weighted by Crippen LogP contribution is -2.02. The molecular formula is C10H14O2S. The van der Waals surface area contributed by atoms with E-state index in [1.807, 2.05) is 0 Å². The van der Waals surface area contributed by atoms with Gasteiger partial charge in [0.2, 0.25) is 0 Å². The van der Waals surface area contributed by atoms with Crippen LogP contribution in [0.25, 0.3) is 0 Å². The van der Waals surface area contributed by atoms with Gasteiger partial charge in [0, 0.05) is 6.08 Å². The van der Waals surface area contributed by atoms with Crippen molar-refractivity contribution >= 4 is 16.9 Å². The monoisotopic (exact) mass is 198 g/mol. The van der Waals surface area contributed by atoms with E-state index < -0.39 is 0 Å². The third kappa shape index (κ3) is 3.99. The minimum absolute atomic E-state index is 0.0585. The van der Waals surface area contributed by atoms with Gasteiger partial charge < -0.3 is 4.74 Å². The fourth-order valence-electron chi connectivity index (χ4n) is 0.998. The van der Waals surface area contributed by atoms with Crippen molar-refractivity contribution in [2.45, 2.75) is 6.42 Å². The Labute approximate surface area is 81.3 Å². The van der Waals surface area contributed by atoms with Gasteiger partial charge in [0.05, 0.1) is 6.61 Å². The Bertz CT molecular complexity index is 231. The van der Waals surface area contributed by atoms with Crippen LogP contribution in [0.3, 0.4) is 0 Å². The molecule has 2 nitrogen and oxygen atoms in total. The van der Waals surface area contributed by atoms with Crippen molar-refractivity contribution in [3.63, 3.8) is 0 Å². The van der Waals surface area contributed by atoms with Crippen molar-refractivity contribution < 1.29 is 9.53 Å². The predicted molar refractivity (Wildman–Crippen MR) is 57.9 cm³/mol. The lowest BCUT2D eigenvalue weighted by Gasteiger charge is -2.08. The fraction of sp³-hybridized carbons (Fsp3) is 0.300. The molecule has 72 valence electrons. The second kappa shape index (κ2) is 5.65. The van der Waals surface area contributed by atoms with E-state index >= 15 is 0 Å². The minimum Gasteiger partial charge on any atom is -0.463 e. The van der Waals surface area contributed by atoms with Gasteiger partial charge >= 0.3 is 5.97 Å². The SMILES string of the molecule is C=CC(=O)OCCC[SH]1C=CC=C1. The summed E-state index contributed by atoms with van der Waals surface area (Å²) in [5.74, 6) is 0.775. The molecule has 0 saturated heterocycles. The Balaban J connectivity index is 2.01. The number of hydrogen-bond acceptors (Lipinski definition) is 2. The molecule has 0 bridgehead atoms. The highest BCUT2D eigenvalue weighted by molar-refractivity contribution is 8.22. The average molecular weight is 198 g/mol. The van der Waals surface area contributed by atoms with E-state index in [2.05, 4.69) is 29.5 Å². The number of thiol groups is 1. The van der Waals surface area contributed by atoms with Gasteiger partial charge in [-0.3, -0.25) is 0 Å². The van der Waals surface area contributed by atoms with Crippen LogP contribution in [0.4, 0.5) is 0 Å². The van der Waals surface area contributed by atoms with Crippen LogP contribution in [0.2, 0.25) is 0 Å². The van der Waals surface area contributed by atoms with E-state index in [0.29, 0.717) is 6.61 Å². The van der Waals surface area contributed by atoms with Crippen LogP contribution in [-0.2, 0) is 9.53 Å². The Hall–Kier alpha value is -0.960. The quantitative estimate of drug-likeness (QED) is 0.317. The van der Waals surface area contributed by atoms with E-state index in [9.17, 15) is 4.79 Å². The van der Waals surface area contributed by atoms with Gasteiger partial charge in [-0.05, 0) is 23.0 Å². The van der Waals surface area contributed by atoms with Crippen LogP contribution in [0.15, 0.2) is 35.6 Å². The summed E-state index contributed by atoms with van der Waals surface area (Å²) in [6, 6.07) is 0. The first kappa shape index (κ1) is 10.1. The largest absolute Gasteiger partial charge is 0.463 e. The summed E-state index contributed by atoms with van der Waals surface area (Å²) in [6.45, 7) is 3.83. The second-order valence-electron chi connectivity index (χ2n) is 2.65. The maximum Gasteiger partial charge on any atom is 0.330 e. The van der Waals surface area contributed by atoms with Crippen molar-refractivity contribution in [2.24, 2.45) is 0 Å². The molecule has 1 rings (SSSR count). The maximum atomic E-state index is 10.6. The number of rotatable bonds is 5. The van der Waals surface area contributed by atoms with Crippen LogP contribution < -0.4 is 0 Å². The topological polar surface area (TPSA) is 26.3 Å². The number of carbonyl (C=O) groups excluding carboxylic acids is 1. The van der Waals surface area contributed by atoms with Crippen LogP contribution in [0, 0.1) is 0 Å². The van der Waals surface area contributed by atoms with Gasteiger partial charge in [0.15, 0.2) is 0 Å². The molecule has 0 unspecified atom stereocenters. The van der Waals surface area contributed by atoms with E-state index in [-0.39, 0.29) is 16.9 Å². The Kier molecular flexibility index (Phi) is 4.40. The summed E-state index contributed by atoms with van der Waals surface area (Å²) in [7, 11) is -0.0585. The molecule has 3 heteroatoms. The molecule has 0 saturated carbocycles. The van der Waals surface area contributed by atoms with Gasteiger partial charge in [0.1, 0.15) is 0 Å². The van der Waals surface area contributed by atoms with Crippen molar-refractivity contribution in [1.29, 1.82) is 0 Å². The lowest BCUT2D eigenvalue weighted by molar-refractivity contribution is -0.137. The highest BCUT2D eigenvalue weighted by atomic mass is 32.2. The third-order valence-electron chi connectivity index (χ3n) is 1.64. The van der Waals surface area contributed by atoms with E-state index in [4.69, 9.17) is 4.74 Å². The highest BCUT2D eigenvalue weighted by Crippen LogP contribution is 2.32. The third-order valence-corrected chi connectivity index (χ3v) is 3.58. The zero-order chi connectivity index (χ0) is 9.52. The standard InChI is InChI=1S/C10H14O2S/c1-2-10(11)12-6-5-9-13-7-3-4-8-13/h2-4,7-8,13H,1,5-6,9H2. The van der Waals surface area contributed by atoms with E-state index in [0.717, 1.165) is 12.2 Å². The van der Waals surface area contributed by atoms with E-state index in [1.165, 1.54) is 6.08 Å². The van der Waals surface area contributed by atoms with Crippen LogP contribution >= 0.6 is 10.9 Å². The second-order valence-corrected chi connectivity index (χ2v) is 4.72. The summed E-state index contributed by atoms with van der Waals surface area (Å²) in [5, 5.41) is 4.43. The smallest absolute Gasteiger partial charge is 0.330 e. The van der Waals surface area contributed by atoms with Crippen LogP contribution in [-0.4, -0.2) is 18.3 Å². The highest BCUT2D eigenvalue weighted by Gasteiger charge is 2.00. The molecule has 1 aliphatic rings. The summed E-state index contributed by atoms with van der Waals surface area (Å²) in [6.07, 6.45) is 6.27. The first-order valence-corrected chi connectivity index (χ1v) is 5.89. The predicted octanol–water partition coefficient (Wildman–Crippen LogP) is 2.15. The van der Waals surface area contributed by atoms with E-state index in [1.54, 1.807) is 0 Å². The normalized spacial score (nSPS) is 16.2. The van der Waals surface area contributed by atoms with Crippen molar-refractivity contribution in [1.82, 2.24) is 0 Å². The average Bonchev–Trinajstić information content (AvgIpc) is 2.64. The fourth-order valence-corrected chi connectivity index (χ4v) is 2.53. The number of allylic oxidation sites excluding steroid dienone is 2. The molecule has 0 N–H and O–H groups in total. The Morgan fingerprint density at radius 2 is 2.15 bits per heavy atom. The first-order valence-electron chi connectivity index (χ1n) is 4.23. The molecule has 0 aromatic heterocycles. The van der Waals surface area contributed by atoms with Crippen LogP contribution in [0.1, 0.15) is 6.42 Å². The van der Waals surface area contributed by atoms with Gasteiger partial charge in [-0.2, -0.15) is 0 Å². The van der Waals surface area contributed by atoms with Crippen molar-refractivity contribution in [3.05, 3.63) is 35.6 Å². The summed E-state index contributed by atoms with van der Waals surface area (Å²) in [5.41, 5.74) is 0. The molecule has 0 aromatic rings. The zero-order valence-corrected chi connectivity index (χ0v) is 8.37. The van der Waals surface area contributed by atoms with Crippen LogP contribution in [0.5, 0.6) is 0 Å². The van der Waals surface area contributed by atoms with Gasteiger partial charge in [0.25, 0.3) is 0 Å². The number of hydrogen-bond donors (Lipinski definition) is 1. The molecule has 0 spiro atoms. The summed E-state index contributed by atoms with van der Waals surface area (Å²) in [4.78, 5) is 10.6. The molecule has 0 aromatic carbocycles. The lowest BCUT2D eigenvalue weighted by atomic mass is 10.5. The summed E-state index contributed by atoms with van der Waals surface area (Å²) < 4.78 is 4.86. The van der Waals surface area contributed by atoms with Crippen molar-refractivity contribution in [3.8, 4) is 0 Å². The molecule has 0 radical (unpaired) electrons. The molecule has 0 amide bonds. The summed E-state index contributed by atoms with van der Waals surface area (Å²) >= 11 is 0. The number of esters is 1. The molecule has 0 atom stereocenters. The Morgan fingerprint density at radius 1 is 1.46 bits per heavy atom. The van der Waals surface area contributed by atoms with Gasteiger partial charge in [-0.15, -0.1) is 0 Å². The Morgan fingerprint density at radius 3 is 2.77 bits per heavy atom. The zero-order valence-electron chi connectivity index (χ0n) is 7.48. The van der Waals surface area contributed by atoms with Gasteiger partial charge in [-0.25, -0.2) is 15.7 Å². The van der Waals surface area contributed by atoms with Gasteiger partial charge in [-0.1, -0.05) is 18.7 Å². The first-order chi connectivity index (χ1) is 6.33. The number of ether oxygens (including phenoxy) is 1. The van der Waals surface area contributed by atoms with Crippen molar-refractivity contribution in [2.75, 3.05) is 12.4 Å². The maximum absolute atomic E-state index is 10.6. The molecule has 1 aliphatic heterocycles. The molecular weight excluding hydrogens is 184 g/mol. The molecule has 0 aliphatic carbocycles. The molecule has 13 heavy (non-hydrogen) atoms. The number of carbonyl (C=O) groups is 1. The minimum atomic E-state index is -0.328. The molecule has 0 fully saturated rings.